The highest BCUT2D eigenvalue weighted by Gasteiger charge is 2.09. The van der Waals surface area contributed by atoms with Gasteiger partial charge < -0.3 is 9.88 Å². The number of aromatic nitrogens is 3. The highest BCUT2D eigenvalue weighted by Crippen LogP contribution is 2.13. The van der Waals surface area contributed by atoms with Crippen LogP contribution in [0.4, 0.5) is 4.39 Å². The maximum atomic E-state index is 12.8. The molecule has 0 saturated heterocycles. The van der Waals surface area contributed by atoms with Crippen LogP contribution in [-0.2, 0) is 6.54 Å². The van der Waals surface area contributed by atoms with E-state index in [-0.39, 0.29) is 11.9 Å². The molecule has 96 valence electrons. The Kier molecular flexibility index (Phi) is 4.41. The minimum absolute atomic E-state index is 0.161. The van der Waals surface area contributed by atoms with Crippen molar-refractivity contribution in [3.8, 4) is 0 Å². The van der Waals surface area contributed by atoms with E-state index in [2.05, 4.69) is 22.2 Å². The summed E-state index contributed by atoms with van der Waals surface area (Å²) >= 11 is 0. The number of imidazole rings is 1. The van der Waals surface area contributed by atoms with Gasteiger partial charge in [0.25, 0.3) is 0 Å². The zero-order valence-corrected chi connectivity index (χ0v) is 10.4. The molecule has 2 rings (SSSR count). The Morgan fingerprint density at radius 1 is 1.44 bits per heavy atom. The lowest BCUT2D eigenvalue weighted by atomic mass is 10.1. The van der Waals surface area contributed by atoms with Crippen LogP contribution in [0.3, 0.4) is 0 Å². The number of rotatable bonds is 6. The van der Waals surface area contributed by atoms with Crippen molar-refractivity contribution in [2.24, 2.45) is 0 Å². The first-order valence-corrected chi connectivity index (χ1v) is 6.10. The van der Waals surface area contributed by atoms with Gasteiger partial charge in [-0.25, -0.2) is 9.37 Å². The van der Waals surface area contributed by atoms with Crippen molar-refractivity contribution in [3.05, 3.63) is 48.6 Å². The number of nitrogens with zero attached hydrogens (tertiary/aromatic N) is 3. The Morgan fingerprint density at radius 2 is 2.33 bits per heavy atom. The van der Waals surface area contributed by atoms with Gasteiger partial charge in [-0.1, -0.05) is 6.92 Å². The zero-order chi connectivity index (χ0) is 12.8. The Morgan fingerprint density at radius 3 is 2.94 bits per heavy atom. The van der Waals surface area contributed by atoms with E-state index in [1.165, 1.54) is 12.3 Å². The van der Waals surface area contributed by atoms with Crippen molar-refractivity contribution in [2.75, 3.05) is 6.54 Å². The van der Waals surface area contributed by atoms with Crippen LogP contribution >= 0.6 is 0 Å². The molecule has 2 aromatic heterocycles. The van der Waals surface area contributed by atoms with Crippen LogP contribution in [0.15, 0.2) is 37.1 Å². The number of hydrogen-bond donors (Lipinski definition) is 1. The summed E-state index contributed by atoms with van der Waals surface area (Å²) in [5.41, 5.74) is 0.879. The van der Waals surface area contributed by atoms with E-state index >= 15 is 0 Å². The maximum Gasteiger partial charge on any atom is 0.141 e. The maximum absolute atomic E-state index is 12.8. The third-order valence-corrected chi connectivity index (χ3v) is 2.84. The summed E-state index contributed by atoms with van der Waals surface area (Å²) in [7, 11) is 0. The van der Waals surface area contributed by atoms with Gasteiger partial charge in [0.15, 0.2) is 0 Å². The van der Waals surface area contributed by atoms with Gasteiger partial charge in [0, 0.05) is 31.5 Å². The van der Waals surface area contributed by atoms with Gasteiger partial charge in [-0.3, -0.25) is 4.98 Å². The summed E-state index contributed by atoms with van der Waals surface area (Å²) in [6.45, 7) is 3.77. The second-order valence-electron chi connectivity index (χ2n) is 4.12. The molecule has 0 aliphatic heterocycles. The predicted octanol–water partition coefficient (Wildman–Crippen LogP) is 2.16. The molecule has 18 heavy (non-hydrogen) atoms. The van der Waals surface area contributed by atoms with Gasteiger partial charge in [0.1, 0.15) is 5.82 Å². The Labute approximate surface area is 106 Å². The third-order valence-electron chi connectivity index (χ3n) is 2.84. The highest BCUT2D eigenvalue weighted by molar-refractivity contribution is 5.09. The quantitative estimate of drug-likeness (QED) is 0.851. The van der Waals surface area contributed by atoms with E-state index in [9.17, 15) is 4.39 Å². The van der Waals surface area contributed by atoms with Gasteiger partial charge in [0.2, 0.25) is 0 Å². The van der Waals surface area contributed by atoms with Crippen molar-refractivity contribution in [2.45, 2.75) is 25.9 Å². The third kappa shape index (κ3) is 3.37. The number of halogens is 1. The zero-order valence-electron chi connectivity index (χ0n) is 10.4. The van der Waals surface area contributed by atoms with Crippen LogP contribution in [-0.4, -0.2) is 21.1 Å². The van der Waals surface area contributed by atoms with Crippen LogP contribution in [0, 0.1) is 5.82 Å². The lowest BCUT2D eigenvalue weighted by Gasteiger charge is -2.16. The standard InChI is InChI=1S/C13H17FN4/c1-2-12(13-4-3-11(14)9-17-13)16-6-8-18-7-5-15-10-18/h3-5,7,9-10,12,16H,2,6,8H2,1H3. The summed E-state index contributed by atoms with van der Waals surface area (Å²) in [4.78, 5) is 8.10. The minimum Gasteiger partial charge on any atom is -0.336 e. The van der Waals surface area contributed by atoms with Crippen molar-refractivity contribution in [3.63, 3.8) is 0 Å². The van der Waals surface area contributed by atoms with Crippen LogP contribution < -0.4 is 5.32 Å². The van der Waals surface area contributed by atoms with Gasteiger partial charge in [0.05, 0.1) is 18.2 Å². The second-order valence-corrected chi connectivity index (χ2v) is 4.12. The van der Waals surface area contributed by atoms with Gasteiger partial charge in [-0.05, 0) is 18.6 Å². The van der Waals surface area contributed by atoms with E-state index in [0.717, 1.165) is 25.2 Å². The van der Waals surface area contributed by atoms with Crippen molar-refractivity contribution >= 4 is 0 Å². The van der Waals surface area contributed by atoms with E-state index in [1.54, 1.807) is 18.6 Å². The van der Waals surface area contributed by atoms with E-state index in [1.807, 2.05) is 10.8 Å². The summed E-state index contributed by atoms with van der Waals surface area (Å²) < 4.78 is 14.8. The Balaban J connectivity index is 1.87. The fraction of sp³-hybridized carbons (Fsp3) is 0.385. The SMILES string of the molecule is CCC(NCCn1ccnc1)c1ccc(F)cn1. The normalized spacial score (nSPS) is 12.6. The first-order chi connectivity index (χ1) is 8.79. The molecule has 0 saturated carbocycles. The summed E-state index contributed by atoms with van der Waals surface area (Å²) in [6, 6.07) is 3.34. The number of hydrogen-bond acceptors (Lipinski definition) is 3. The van der Waals surface area contributed by atoms with Crippen LogP contribution in [0.1, 0.15) is 25.1 Å². The van der Waals surface area contributed by atoms with E-state index < -0.39 is 0 Å². The molecule has 1 N–H and O–H groups in total. The summed E-state index contributed by atoms with van der Waals surface area (Å²) in [6.07, 6.45) is 7.66. The van der Waals surface area contributed by atoms with E-state index in [0.29, 0.717) is 0 Å². The molecule has 0 aliphatic carbocycles. The van der Waals surface area contributed by atoms with Gasteiger partial charge in [-0.2, -0.15) is 0 Å². The smallest absolute Gasteiger partial charge is 0.141 e. The fourth-order valence-electron chi connectivity index (χ4n) is 1.84. The van der Waals surface area contributed by atoms with Crippen LogP contribution in [0.5, 0.6) is 0 Å². The molecule has 0 radical (unpaired) electrons. The molecule has 0 aromatic carbocycles. The number of pyridine rings is 1. The second kappa shape index (κ2) is 6.26. The molecule has 2 heterocycles. The van der Waals surface area contributed by atoms with Crippen LogP contribution in [0.2, 0.25) is 0 Å². The average molecular weight is 248 g/mol. The first-order valence-electron chi connectivity index (χ1n) is 6.10. The Bertz CT molecular complexity index is 452. The fourth-order valence-corrected chi connectivity index (χ4v) is 1.84. The molecule has 1 unspecified atom stereocenters. The topological polar surface area (TPSA) is 42.7 Å². The molecule has 2 aromatic rings. The van der Waals surface area contributed by atoms with Crippen molar-refractivity contribution in [1.82, 2.24) is 19.9 Å². The largest absolute Gasteiger partial charge is 0.336 e. The lowest BCUT2D eigenvalue weighted by Crippen LogP contribution is -2.25. The summed E-state index contributed by atoms with van der Waals surface area (Å²) in [5.74, 6) is -0.299. The molecule has 0 amide bonds. The van der Waals surface area contributed by atoms with Gasteiger partial charge in [-0.15, -0.1) is 0 Å². The molecule has 0 aliphatic rings. The number of nitrogens with one attached hydrogen (secondary N) is 1. The molecule has 1 atom stereocenters. The predicted molar refractivity (Wildman–Crippen MR) is 67.5 cm³/mol. The summed E-state index contributed by atoms with van der Waals surface area (Å²) in [5, 5.41) is 3.41. The Hall–Kier alpha value is -1.75. The molecule has 5 heteroatoms. The first kappa shape index (κ1) is 12.7. The van der Waals surface area contributed by atoms with E-state index in [4.69, 9.17) is 0 Å². The van der Waals surface area contributed by atoms with Crippen molar-refractivity contribution in [1.29, 1.82) is 0 Å². The molecule has 0 fully saturated rings. The van der Waals surface area contributed by atoms with Crippen LogP contribution in [0.25, 0.3) is 0 Å². The molecule has 0 spiro atoms. The molecular weight excluding hydrogens is 231 g/mol. The minimum atomic E-state index is -0.299. The van der Waals surface area contributed by atoms with Crippen molar-refractivity contribution < 1.29 is 4.39 Å². The highest BCUT2D eigenvalue weighted by atomic mass is 19.1. The molecule has 0 bridgehead atoms. The molecular formula is C13H17FN4. The van der Waals surface area contributed by atoms with Gasteiger partial charge >= 0.3 is 0 Å². The molecule has 4 nitrogen and oxygen atoms in total. The average Bonchev–Trinajstić information content (AvgIpc) is 2.89. The lowest BCUT2D eigenvalue weighted by molar-refractivity contribution is 0.481. The monoisotopic (exact) mass is 248 g/mol.